The highest BCUT2D eigenvalue weighted by molar-refractivity contribution is 6.35. The van der Waals surface area contributed by atoms with Gasteiger partial charge in [0.25, 0.3) is 0 Å². The molecule has 0 radical (unpaired) electrons. The second kappa shape index (κ2) is 6.80. The van der Waals surface area contributed by atoms with Gasteiger partial charge in [0.05, 0.1) is 0 Å². The Morgan fingerprint density at radius 3 is 2.73 bits per heavy atom. The Hall–Kier alpha value is -0.730. The van der Waals surface area contributed by atoms with Gasteiger partial charge in [0, 0.05) is 29.1 Å². The predicted molar refractivity (Wildman–Crippen MR) is 91.4 cm³/mol. The topological polar surface area (TPSA) is 20.3 Å². The van der Waals surface area contributed by atoms with Crippen LogP contribution in [0.15, 0.2) is 18.2 Å². The van der Waals surface area contributed by atoms with Gasteiger partial charge < -0.3 is 4.90 Å². The summed E-state index contributed by atoms with van der Waals surface area (Å²) in [6, 6.07) is 6.20. The minimum absolute atomic E-state index is 0.349. The lowest BCUT2D eigenvalue weighted by Crippen LogP contribution is -2.45. The first-order valence-electron chi connectivity index (χ1n) is 8.29. The van der Waals surface area contributed by atoms with Crippen LogP contribution < -0.4 is 0 Å². The third-order valence-corrected chi connectivity index (χ3v) is 6.02. The van der Waals surface area contributed by atoms with Crippen molar-refractivity contribution in [2.45, 2.75) is 51.5 Å². The molecule has 1 aliphatic carbocycles. The zero-order valence-corrected chi connectivity index (χ0v) is 14.5. The van der Waals surface area contributed by atoms with Crippen molar-refractivity contribution in [1.29, 1.82) is 0 Å². The molecule has 3 rings (SSSR count). The van der Waals surface area contributed by atoms with Crippen molar-refractivity contribution in [3.05, 3.63) is 33.8 Å². The number of halogens is 2. The molecule has 3 unspecified atom stereocenters. The van der Waals surface area contributed by atoms with Crippen LogP contribution in [0.25, 0.3) is 0 Å². The molecule has 4 heteroatoms. The van der Waals surface area contributed by atoms with E-state index in [-0.39, 0.29) is 0 Å². The summed E-state index contributed by atoms with van der Waals surface area (Å²) in [5.41, 5.74) is 1.18. The standard InChI is InChI=1S/C18H23Cl2NO/c1-12-13(10-14-7-8-15(19)11-16(14)20)4-2-5-17(12)21-9-3-6-18(21)22/h7-8,11-13,17H,2-6,9-10H2,1H3. The number of nitrogens with zero attached hydrogens (tertiary/aromatic N) is 1. The Morgan fingerprint density at radius 2 is 2.05 bits per heavy atom. The average Bonchev–Trinajstić information content (AvgIpc) is 2.90. The van der Waals surface area contributed by atoms with E-state index in [0.717, 1.165) is 37.3 Å². The summed E-state index contributed by atoms with van der Waals surface area (Å²) in [5, 5.41) is 1.45. The van der Waals surface area contributed by atoms with Crippen molar-refractivity contribution in [2.75, 3.05) is 6.54 Å². The van der Waals surface area contributed by atoms with Crippen LogP contribution in [0.5, 0.6) is 0 Å². The van der Waals surface area contributed by atoms with Gasteiger partial charge in [0.2, 0.25) is 5.91 Å². The zero-order valence-electron chi connectivity index (χ0n) is 13.0. The maximum atomic E-state index is 12.1. The predicted octanol–water partition coefficient (Wildman–Crippen LogP) is 4.96. The molecule has 1 amide bonds. The summed E-state index contributed by atoms with van der Waals surface area (Å²) in [5.74, 6) is 1.47. The minimum Gasteiger partial charge on any atom is -0.339 e. The largest absolute Gasteiger partial charge is 0.339 e. The highest BCUT2D eigenvalue weighted by Crippen LogP contribution is 2.38. The lowest BCUT2D eigenvalue weighted by atomic mass is 9.73. The Labute approximate surface area is 142 Å². The fourth-order valence-electron chi connectivity index (χ4n) is 4.15. The third kappa shape index (κ3) is 3.28. The summed E-state index contributed by atoms with van der Waals surface area (Å²) in [6.07, 6.45) is 6.31. The van der Waals surface area contributed by atoms with E-state index in [4.69, 9.17) is 23.2 Å². The van der Waals surface area contributed by atoms with E-state index >= 15 is 0 Å². The van der Waals surface area contributed by atoms with Gasteiger partial charge in [-0.3, -0.25) is 4.79 Å². The molecule has 0 spiro atoms. The number of carbonyl (C=O) groups is 1. The summed E-state index contributed by atoms with van der Waals surface area (Å²) >= 11 is 12.3. The second-order valence-corrected chi connectivity index (χ2v) is 7.59. The van der Waals surface area contributed by atoms with Crippen molar-refractivity contribution < 1.29 is 4.79 Å². The first-order chi connectivity index (χ1) is 10.6. The van der Waals surface area contributed by atoms with E-state index in [1.807, 2.05) is 18.2 Å². The Bertz CT molecular complexity index is 560. The van der Waals surface area contributed by atoms with Gasteiger partial charge in [-0.1, -0.05) is 42.6 Å². The van der Waals surface area contributed by atoms with Crippen LogP contribution in [0.3, 0.4) is 0 Å². The van der Waals surface area contributed by atoms with Crippen LogP contribution in [-0.2, 0) is 11.2 Å². The number of benzene rings is 1. The monoisotopic (exact) mass is 339 g/mol. The van der Waals surface area contributed by atoms with E-state index in [0.29, 0.717) is 28.8 Å². The van der Waals surface area contributed by atoms with Crippen molar-refractivity contribution in [3.8, 4) is 0 Å². The van der Waals surface area contributed by atoms with E-state index < -0.39 is 0 Å². The normalized spacial score (nSPS) is 29.1. The van der Waals surface area contributed by atoms with E-state index in [1.165, 1.54) is 18.4 Å². The molecular formula is C18H23Cl2NO. The first kappa shape index (κ1) is 16.1. The SMILES string of the molecule is CC1C(Cc2ccc(Cl)cc2Cl)CCCC1N1CCCC1=O. The molecule has 2 aliphatic rings. The summed E-state index contributed by atoms with van der Waals surface area (Å²) < 4.78 is 0. The number of likely N-dealkylation sites (tertiary alicyclic amines) is 1. The number of rotatable bonds is 3. The van der Waals surface area contributed by atoms with Gasteiger partial charge in [0.1, 0.15) is 0 Å². The molecular weight excluding hydrogens is 317 g/mol. The second-order valence-electron chi connectivity index (χ2n) is 6.75. The van der Waals surface area contributed by atoms with Crippen LogP contribution in [0.4, 0.5) is 0 Å². The average molecular weight is 340 g/mol. The third-order valence-electron chi connectivity index (χ3n) is 5.43. The molecule has 1 saturated heterocycles. The number of amides is 1. The fourth-order valence-corrected chi connectivity index (χ4v) is 4.63. The lowest BCUT2D eigenvalue weighted by Gasteiger charge is -2.41. The number of carbonyl (C=O) groups excluding carboxylic acids is 1. The molecule has 120 valence electrons. The van der Waals surface area contributed by atoms with E-state index in [9.17, 15) is 4.79 Å². The Morgan fingerprint density at radius 1 is 1.23 bits per heavy atom. The quantitative estimate of drug-likeness (QED) is 0.761. The summed E-state index contributed by atoms with van der Waals surface area (Å²) in [6.45, 7) is 3.26. The Kier molecular flexibility index (Phi) is 4.99. The molecule has 22 heavy (non-hydrogen) atoms. The highest BCUT2D eigenvalue weighted by atomic mass is 35.5. The fraction of sp³-hybridized carbons (Fsp3) is 0.611. The summed E-state index contributed by atoms with van der Waals surface area (Å²) in [7, 11) is 0. The maximum absolute atomic E-state index is 12.1. The molecule has 0 N–H and O–H groups in total. The van der Waals surface area contributed by atoms with Crippen molar-refractivity contribution >= 4 is 29.1 Å². The molecule has 1 aliphatic heterocycles. The van der Waals surface area contributed by atoms with Gasteiger partial charge in [-0.25, -0.2) is 0 Å². The molecule has 1 saturated carbocycles. The van der Waals surface area contributed by atoms with Crippen LogP contribution in [0.1, 0.15) is 44.6 Å². The van der Waals surface area contributed by atoms with E-state index in [2.05, 4.69) is 11.8 Å². The molecule has 0 aromatic heterocycles. The van der Waals surface area contributed by atoms with Crippen molar-refractivity contribution in [1.82, 2.24) is 4.90 Å². The van der Waals surface area contributed by atoms with Crippen LogP contribution >= 0.6 is 23.2 Å². The molecule has 3 atom stereocenters. The van der Waals surface area contributed by atoms with Gasteiger partial charge in [-0.05, 0) is 55.2 Å². The highest BCUT2D eigenvalue weighted by Gasteiger charge is 2.37. The molecule has 1 heterocycles. The smallest absolute Gasteiger partial charge is 0.222 e. The van der Waals surface area contributed by atoms with Crippen LogP contribution in [0, 0.1) is 11.8 Å². The molecule has 2 nitrogen and oxygen atoms in total. The minimum atomic E-state index is 0.349. The van der Waals surface area contributed by atoms with Crippen molar-refractivity contribution in [2.24, 2.45) is 11.8 Å². The molecule has 0 bridgehead atoms. The summed E-state index contributed by atoms with van der Waals surface area (Å²) in [4.78, 5) is 14.2. The lowest BCUT2D eigenvalue weighted by molar-refractivity contribution is -0.131. The van der Waals surface area contributed by atoms with Crippen LogP contribution in [0.2, 0.25) is 10.0 Å². The van der Waals surface area contributed by atoms with Gasteiger partial charge in [-0.15, -0.1) is 0 Å². The van der Waals surface area contributed by atoms with E-state index in [1.54, 1.807) is 0 Å². The molecule has 1 aromatic carbocycles. The van der Waals surface area contributed by atoms with Gasteiger partial charge in [0.15, 0.2) is 0 Å². The first-order valence-corrected chi connectivity index (χ1v) is 9.05. The van der Waals surface area contributed by atoms with Crippen molar-refractivity contribution in [3.63, 3.8) is 0 Å². The molecule has 2 fully saturated rings. The number of hydrogen-bond acceptors (Lipinski definition) is 1. The zero-order chi connectivity index (χ0) is 15.7. The van der Waals surface area contributed by atoms with Gasteiger partial charge in [-0.2, -0.15) is 0 Å². The van der Waals surface area contributed by atoms with Crippen LogP contribution in [-0.4, -0.2) is 23.4 Å². The molecule has 1 aromatic rings. The maximum Gasteiger partial charge on any atom is 0.222 e. The number of hydrogen-bond donors (Lipinski definition) is 0. The Balaban J connectivity index is 1.72. The van der Waals surface area contributed by atoms with Gasteiger partial charge >= 0.3 is 0 Å².